The molecule has 5 heteroatoms. The first-order valence-electron chi connectivity index (χ1n) is 5.20. The lowest BCUT2D eigenvalue weighted by atomic mass is 9.92. The molecular formula is C11H14FNO2S. The maximum atomic E-state index is 12.6. The minimum atomic E-state index is -3.48. The number of benzene rings is 1. The molecule has 1 fully saturated rings. The van der Waals surface area contributed by atoms with Crippen molar-refractivity contribution < 1.29 is 12.8 Å². The zero-order valence-electron chi connectivity index (χ0n) is 8.98. The van der Waals surface area contributed by atoms with Gasteiger partial charge in [-0.3, -0.25) is 0 Å². The molecule has 0 unspecified atom stereocenters. The van der Waals surface area contributed by atoms with Gasteiger partial charge >= 0.3 is 0 Å². The van der Waals surface area contributed by atoms with Crippen molar-refractivity contribution in [3.05, 3.63) is 29.8 Å². The molecule has 0 radical (unpaired) electrons. The summed E-state index contributed by atoms with van der Waals surface area (Å²) in [5.74, 6) is 0. The summed E-state index contributed by atoms with van der Waals surface area (Å²) < 4.78 is 38.7. The number of hydrogen-bond acceptors (Lipinski definition) is 2. The van der Waals surface area contributed by atoms with Crippen LogP contribution in [0.5, 0.6) is 0 Å². The van der Waals surface area contributed by atoms with E-state index in [1.165, 1.54) is 0 Å². The van der Waals surface area contributed by atoms with Crippen LogP contribution in [0.25, 0.3) is 0 Å². The van der Waals surface area contributed by atoms with E-state index in [1.54, 1.807) is 24.3 Å². The summed E-state index contributed by atoms with van der Waals surface area (Å²) in [6.45, 7) is 1.89. The van der Waals surface area contributed by atoms with Crippen molar-refractivity contribution in [3.8, 4) is 0 Å². The van der Waals surface area contributed by atoms with Gasteiger partial charge in [-0.15, -0.1) is 0 Å². The standard InChI is InChI=1S/C11H14FNO2S/c1-8-2-4-11(5-3-8)16(14,15)13-10-6-9(12)7-10/h2-5,9-10,13H,6-7H2,1H3/t9-,10-. The number of hydrogen-bond donors (Lipinski definition) is 1. The van der Waals surface area contributed by atoms with Gasteiger partial charge in [0.05, 0.1) is 4.90 Å². The van der Waals surface area contributed by atoms with Gasteiger partial charge in [0, 0.05) is 6.04 Å². The summed E-state index contributed by atoms with van der Waals surface area (Å²) in [7, 11) is -3.48. The summed E-state index contributed by atoms with van der Waals surface area (Å²) in [6, 6.07) is 6.36. The fourth-order valence-corrected chi connectivity index (χ4v) is 2.91. The second kappa shape index (κ2) is 4.14. The molecule has 0 heterocycles. The average Bonchev–Trinajstić information content (AvgIpc) is 2.15. The lowest BCUT2D eigenvalue weighted by Crippen LogP contribution is -2.45. The minimum absolute atomic E-state index is 0.236. The van der Waals surface area contributed by atoms with E-state index < -0.39 is 16.2 Å². The van der Waals surface area contributed by atoms with Gasteiger partial charge in [-0.05, 0) is 31.9 Å². The second-order valence-corrected chi connectivity index (χ2v) is 5.91. The Balaban J connectivity index is 2.10. The van der Waals surface area contributed by atoms with E-state index in [2.05, 4.69) is 4.72 Å². The molecule has 1 aliphatic rings. The number of nitrogens with one attached hydrogen (secondary N) is 1. The fourth-order valence-electron chi connectivity index (χ4n) is 1.65. The van der Waals surface area contributed by atoms with Crippen molar-refractivity contribution in [1.29, 1.82) is 0 Å². The van der Waals surface area contributed by atoms with E-state index in [0.29, 0.717) is 0 Å². The van der Waals surface area contributed by atoms with E-state index in [0.717, 1.165) is 5.56 Å². The van der Waals surface area contributed by atoms with E-state index in [4.69, 9.17) is 0 Å². The molecule has 1 aromatic carbocycles. The minimum Gasteiger partial charge on any atom is -0.247 e. The molecule has 0 bridgehead atoms. The normalized spacial score (nSPS) is 25.1. The lowest BCUT2D eigenvalue weighted by molar-refractivity contribution is 0.171. The van der Waals surface area contributed by atoms with Crippen LogP contribution in [0.15, 0.2) is 29.2 Å². The molecule has 16 heavy (non-hydrogen) atoms. The monoisotopic (exact) mass is 243 g/mol. The molecule has 0 aromatic heterocycles. The highest BCUT2D eigenvalue weighted by atomic mass is 32.2. The van der Waals surface area contributed by atoms with Crippen LogP contribution < -0.4 is 4.72 Å². The molecule has 0 saturated heterocycles. The van der Waals surface area contributed by atoms with E-state index in [1.807, 2.05) is 6.92 Å². The van der Waals surface area contributed by atoms with Crippen molar-refractivity contribution >= 4 is 10.0 Å². The van der Waals surface area contributed by atoms with Gasteiger partial charge in [0.2, 0.25) is 10.0 Å². The van der Waals surface area contributed by atoms with Gasteiger partial charge in [-0.2, -0.15) is 0 Å². The quantitative estimate of drug-likeness (QED) is 0.879. The third kappa shape index (κ3) is 2.41. The summed E-state index contributed by atoms with van der Waals surface area (Å²) >= 11 is 0. The molecule has 0 spiro atoms. The number of aryl methyl sites for hydroxylation is 1. The zero-order chi connectivity index (χ0) is 11.8. The molecule has 1 aliphatic carbocycles. The highest BCUT2D eigenvalue weighted by molar-refractivity contribution is 7.89. The van der Waals surface area contributed by atoms with Gasteiger partial charge in [0.15, 0.2) is 0 Å². The first-order chi connectivity index (χ1) is 7.47. The molecule has 0 atom stereocenters. The Bertz CT molecular complexity index is 463. The van der Waals surface area contributed by atoms with Crippen molar-refractivity contribution in [1.82, 2.24) is 4.72 Å². The molecule has 88 valence electrons. The Morgan fingerprint density at radius 3 is 2.31 bits per heavy atom. The predicted molar refractivity (Wildman–Crippen MR) is 59.4 cm³/mol. The maximum Gasteiger partial charge on any atom is 0.240 e. The molecule has 1 saturated carbocycles. The van der Waals surface area contributed by atoms with Crippen LogP contribution in [0.1, 0.15) is 18.4 Å². The van der Waals surface area contributed by atoms with Crippen LogP contribution in [0.2, 0.25) is 0 Å². The Kier molecular flexibility index (Phi) is 2.99. The highest BCUT2D eigenvalue weighted by Gasteiger charge is 2.32. The van der Waals surface area contributed by atoms with Crippen LogP contribution in [0, 0.1) is 6.92 Å². The third-order valence-corrected chi connectivity index (χ3v) is 4.27. The van der Waals surface area contributed by atoms with Crippen LogP contribution >= 0.6 is 0 Å². The number of sulfonamides is 1. The van der Waals surface area contributed by atoms with Crippen molar-refractivity contribution in [3.63, 3.8) is 0 Å². The van der Waals surface area contributed by atoms with Gasteiger partial charge in [-0.25, -0.2) is 17.5 Å². The third-order valence-electron chi connectivity index (χ3n) is 2.73. The van der Waals surface area contributed by atoms with Crippen LogP contribution in [0.4, 0.5) is 4.39 Å². The van der Waals surface area contributed by atoms with Gasteiger partial charge in [-0.1, -0.05) is 17.7 Å². The topological polar surface area (TPSA) is 46.2 Å². The number of rotatable bonds is 3. The Hall–Kier alpha value is -0.940. The first kappa shape index (κ1) is 11.5. The second-order valence-electron chi connectivity index (χ2n) is 4.20. The zero-order valence-corrected chi connectivity index (χ0v) is 9.80. The average molecular weight is 243 g/mol. The van der Waals surface area contributed by atoms with Crippen LogP contribution in [-0.4, -0.2) is 20.6 Å². The van der Waals surface area contributed by atoms with Crippen molar-refractivity contribution in [2.75, 3.05) is 0 Å². The first-order valence-corrected chi connectivity index (χ1v) is 6.69. The molecule has 0 amide bonds. The Morgan fingerprint density at radius 1 is 1.25 bits per heavy atom. The summed E-state index contributed by atoms with van der Waals surface area (Å²) in [4.78, 5) is 0.236. The highest BCUT2D eigenvalue weighted by Crippen LogP contribution is 2.24. The molecule has 2 rings (SSSR count). The Labute approximate surface area is 94.7 Å². The molecule has 3 nitrogen and oxygen atoms in total. The maximum absolute atomic E-state index is 12.6. The molecular weight excluding hydrogens is 229 g/mol. The fraction of sp³-hybridized carbons (Fsp3) is 0.455. The number of halogens is 1. The summed E-state index contributed by atoms with van der Waals surface area (Å²) in [5, 5.41) is 0. The van der Waals surface area contributed by atoms with E-state index >= 15 is 0 Å². The molecule has 1 N–H and O–H groups in total. The SMILES string of the molecule is Cc1ccc(S(=O)(=O)N[C@H]2C[C@H](F)C2)cc1. The van der Waals surface area contributed by atoms with Gasteiger partial charge in [0.25, 0.3) is 0 Å². The molecule has 0 aliphatic heterocycles. The van der Waals surface area contributed by atoms with Gasteiger partial charge in [0.1, 0.15) is 6.17 Å². The smallest absolute Gasteiger partial charge is 0.240 e. The number of alkyl halides is 1. The summed E-state index contributed by atoms with van der Waals surface area (Å²) in [5.41, 5.74) is 1.01. The van der Waals surface area contributed by atoms with Crippen molar-refractivity contribution in [2.45, 2.75) is 36.9 Å². The molecule has 1 aromatic rings. The lowest BCUT2D eigenvalue weighted by Gasteiger charge is -2.29. The van der Waals surface area contributed by atoms with E-state index in [9.17, 15) is 12.8 Å². The predicted octanol–water partition coefficient (Wildman–Crippen LogP) is 1.77. The Morgan fingerprint density at radius 2 is 1.81 bits per heavy atom. The summed E-state index contributed by atoms with van der Waals surface area (Å²) in [6.07, 6.45) is -0.290. The van der Waals surface area contributed by atoms with Crippen LogP contribution in [0.3, 0.4) is 0 Å². The van der Waals surface area contributed by atoms with Gasteiger partial charge < -0.3 is 0 Å². The van der Waals surface area contributed by atoms with E-state index in [-0.39, 0.29) is 23.8 Å². The largest absolute Gasteiger partial charge is 0.247 e. The van der Waals surface area contributed by atoms with Crippen LogP contribution in [-0.2, 0) is 10.0 Å². The van der Waals surface area contributed by atoms with Crippen molar-refractivity contribution in [2.24, 2.45) is 0 Å².